The SMILES string of the molecule is C=C(C)CNC(N)=NCC(C)(C)c1ccc2c(c1)OCCO2.I. The van der Waals surface area contributed by atoms with Crippen LogP contribution >= 0.6 is 24.0 Å². The molecule has 5 nitrogen and oxygen atoms in total. The van der Waals surface area contributed by atoms with Crippen molar-refractivity contribution in [3.63, 3.8) is 0 Å². The maximum Gasteiger partial charge on any atom is 0.188 e. The van der Waals surface area contributed by atoms with E-state index < -0.39 is 0 Å². The zero-order chi connectivity index (χ0) is 16.2. The molecule has 0 saturated carbocycles. The molecule has 0 amide bonds. The lowest BCUT2D eigenvalue weighted by Gasteiger charge is -2.26. The molecule has 0 bridgehead atoms. The standard InChI is InChI=1S/C17H25N3O2.HI/c1-12(2)10-19-16(18)20-11-17(3,4)13-5-6-14-15(9-13)22-8-7-21-14;/h5-6,9H,1,7-8,10-11H2,2-4H3,(H3,18,19,20);1H. The summed E-state index contributed by atoms with van der Waals surface area (Å²) < 4.78 is 11.2. The predicted molar refractivity (Wildman–Crippen MR) is 105 cm³/mol. The van der Waals surface area contributed by atoms with Gasteiger partial charge < -0.3 is 20.5 Å². The molecule has 0 unspecified atom stereocenters. The van der Waals surface area contributed by atoms with E-state index >= 15 is 0 Å². The van der Waals surface area contributed by atoms with Crippen molar-refractivity contribution in [3.05, 3.63) is 35.9 Å². The smallest absolute Gasteiger partial charge is 0.188 e. The van der Waals surface area contributed by atoms with Gasteiger partial charge in [-0.2, -0.15) is 0 Å². The Labute approximate surface area is 155 Å². The summed E-state index contributed by atoms with van der Waals surface area (Å²) in [5, 5.41) is 3.04. The maximum atomic E-state index is 5.87. The van der Waals surface area contributed by atoms with Gasteiger partial charge >= 0.3 is 0 Å². The first-order chi connectivity index (χ1) is 10.4. The molecule has 23 heavy (non-hydrogen) atoms. The Bertz CT molecular complexity index is 585. The number of hydrogen-bond acceptors (Lipinski definition) is 3. The van der Waals surface area contributed by atoms with Gasteiger partial charge in [0.1, 0.15) is 13.2 Å². The third-order valence-corrected chi connectivity index (χ3v) is 3.54. The topological polar surface area (TPSA) is 68.9 Å². The van der Waals surface area contributed by atoms with Crippen molar-refractivity contribution in [1.29, 1.82) is 0 Å². The Hall–Kier alpha value is -1.44. The molecule has 1 aromatic rings. The second kappa shape index (κ2) is 8.42. The summed E-state index contributed by atoms with van der Waals surface area (Å²) >= 11 is 0. The third-order valence-electron chi connectivity index (χ3n) is 3.54. The summed E-state index contributed by atoms with van der Waals surface area (Å²) in [6.45, 7) is 12.5. The number of nitrogens with two attached hydrogens (primary N) is 1. The van der Waals surface area contributed by atoms with E-state index in [4.69, 9.17) is 15.2 Å². The molecule has 1 heterocycles. The van der Waals surface area contributed by atoms with Crippen LogP contribution in [0.4, 0.5) is 0 Å². The first-order valence-electron chi connectivity index (χ1n) is 7.47. The summed E-state index contributed by atoms with van der Waals surface area (Å²) in [7, 11) is 0. The second-order valence-electron chi connectivity index (χ2n) is 6.25. The van der Waals surface area contributed by atoms with Crippen molar-refractivity contribution in [2.45, 2.75) is 26.2 Å². The molecule has 3 N–H and O–H groups in total. The highest BCUT2D eigenvalue weighted by molar-refractivity contribution is 14.0. The molecule has 1 aliphatic rings. The normalized spacial score (nSPS) is 14.0. The van der Waals surface area contributed by atoms with Gasteiger partial charge in [-0.1, -0.05) is 32.1 Å². The Balaban J connectivity index is 0.00000264. The van der Waals surface area contributed by atoms with E-state index in [1.54, 1.807) is 0 Å². The van der Waals surface area contributed by atoms with Gasteiger partial charge in [-0.05, 0) is 24.6 Å². The fraction of sp³-hybridized carbons (Fsp3) is 0.471. The molecule has 0 atom stereocenters. The fourth-order valence-corrected chi connectivity index (χ4v) is 2.14. The monoisotopic (exact) mass is 431 g/mol. The molecule has 128 valence electrons. The Morgan fingerprint density at radius 1 is 1.30 bits per heavy atom. The quantitative estimate of drug-likeness (QED) is 0.326. The summed E-state index contributed by atoms with van der Waals surface area (Å²) in [5.74, 6) is 2.04. The van der Waals surface area contributed by atoms with E-state index in [2.05, 4.69) is 36.8 Å². The number of nitrogens with one attached hydrogen (secondary N) is 1. The molecule has 0 aromatic heterocycles. The average molecular weight is 431 g/mol. The van der Waals surface area contributed by atoms with Crippen molar-refractivity contribution in [2.24, 2.45) is 10.7 Å². The minimum atomic E-state index is -0.147. The summed E-state index contributed by atoms with van der Waals surface area (Å²) in [4.78, 5) is 4.43. The van der Waals surface area contributed by atoms with Crippen LogP contribution in [-0.4, -0.2) is 32.3 Å². The summed E-state index contributed by atoms with van der Waals surface area (Å²) in [6.07, 6.45) is 0. The van der Waals surface area contributed by atoms with Gasteiger partial charge in [-0.25, -0.2) is 0 Å². The highest BCUT2D eigenvalue weighted by atomic mass is 127. The van der Waals surface area contributed by atoms with Crippen LogP contribution in [0.25, 0.3) is 0 Å². The molecule has 6 heteroatoms. The lowest BCUT2D eigenvalue weighted by molar-refractivity contribution is 0.171. The molecular weight excluding hydrogens is 405 g/mol. The zero-order valence-electron chi connectivity index (χ0n) is 14.0. The Morgan fingerprint density at radius 2 is 1.96 bits per heavy atom. The van der Waals surface area contributed by atoms with Gasteiger partial charge in [0.25, 0.3) is 0 Å². The number of aliphatic imine (C=N–C) groups is 1. The number of ether oxygens (including phenoxy) is 2. The number of fused-ring (bicyclic) bond motifs is 1. The van der Waals surface area contributed by atoms with Crippen molar-refractivity contribution < 1.29 is 9.47 Å². The van der Waals surface area contributed by atoms with Gasteiger partial charge in [0.15, 0.2) is 17.5 Å². The van der Waals surface area contributed by atoms with Crippen molar-refractivity contribution >= 4 is 29.9 Å². The first-order valence-corrected chi connectivity index (χ1v) is 7.47. The molecular formula is C17H26IN3O2. The molecule has 1 aromatic carbocycles. The highest BCUT2D eigenvalue weighted by Gasteiger charge is 2.23. The number of nitrogens with zero attached hydrogens (tertiary/aromatic N) is 1. The molecule has 0 radical (unpaired) electrons. The van der Waals surface area contributed by atoms with Crippen molar-refractivity contribution in [3.8, 4) is 11.5 Å². The highest BCUT2D eigenvalue weighted by Crippen LogP contribution is 2.35. The number of hydrogen-bond donors (Lipinski definition) is 2. The van der Waals surface area contributed by atoms with E-state index in [-0.39, 0.29) is 29.4 Å². The van der Waals surface area contributed by atoms with Gasteiger partial charge in [-0.3, -0.25) is 4.99 Å². The van der Waals surface area contributed by atoms with Crippen LogP contribution in [0.15, 0.2) is 35.3 Å². The minimum Gasteiger partial charge on any atom is -0.486 e. The number of benzene rings is 1. The predicted octanol–water partition coefficient (Wildman–Crippen LogP) is 2.83. The van der Waals surface area contributed by atoms with Crippen LogP contribution in [0.5, 0.6) is 11.5 Å². The van der Waals surface area contributed by atoms with Crippen LogP contribution < -0.4 is 20.5 Å². The Morgan fingerprint density at radius 3 is 2.61 bits per heavy atom. The zero-order valence-corrected chi connectivity index (χ0v) is 16.3. The summed E-state index contributed by atoms with van der Waals surface area (Å²) in [6, 6.07) is 6.04. The van der Waals surface area contributed by atoms with Crippen LogP contribution in [0.3, 0.4) is 0 Å². The van der Waals surface area contributed by atoms with Gasteiger partial charge in [0.2, 0.25) is 0 Å². The van der Waals surface area contributed by atoms with Crippen LogP contribution in [0.2, 0.25) is 0 Å². The number of rotatable bonds is 5. The first kappa shape index (κ1) is 19.6. The molecule has 2 rings (SSSR count). The second-order valence-corrected chi connectivity index (χ2v) is 6.25. The molecule has 0 aliphatic carbocycles. The maximum absolute atomic E-state index is 5.87. The van der Waals surface area contributed by atoms with E-state index in [0.29, 0.717) is 32.3 Å². The molecule has 0 spiro atoms. The van der Waals surface area contributed by atoms with Gasteiger partial charge in [-0.15, -0.1) is 24.0 Å². The van der Waals surface area contributed by atoms with Crippen LogP contribution in [-0.2, 0) is 5.41 Å². The van der Waals surface area contributed by atoms with E-state index in [1.165, 1.54) is 0 Å². The lowest BCUT2D eigenvalue weighted by Crippen LogP contribution is -2.34. The molecule has 0 saturated heterocycles. The number of halogens is 1. The summed E-state index contributed by atoms with van der Waals surface area (Å²) in [5.41, 5.74) is 7.89. The number of guanidine groups is 1. The van der Waals surface area contributed by atoms with E-state index in [1.807, 2.05) is 19.1 Å². The van der Waals surface area contributed by atoms with Gasteiger partial charge in [0.05, 0.1) is 6.54 Å². The van der Waals surface area contributed by atoms with E-state index in [9.17, 15) is 0 Å². The molecule has 1 aliphatic heterocycles. The van der Waals surface area contributed by atoms with Crippen LogP contribution in [0.1, 0.15) is 26.3 Å². The third kappa shape index (κ3) is 5.60. The van der Waals surface area contributed by atoms with Crippen molar-refractivity contribution in [1.82, 2.24) is 5.32 Å². The molecule has 0 fully saturated rings. The largest absolute Gasteiger partial charge is 0.486 e. The fourth-order valence-electron chi connectivity index (χ4n) is 2.14. The van der Waals surface area contributed by atoms with Crippen LogP contribution in [0, 0.1) is 0 Å². The Kier molecular flexibility index (Phi) is 7.18. The van der Waals surface area contributed by atoms with Crippen molar-refractivity contribution in [2.75, 3.05) is 26.3 Å². The van der Waals surface area contributed by atoms with E-state index in [0.717, 1.165) is 22.6 Å². The minimum absolute atomic E-state index is 0. The lowest BCUT2D eigenvalue weighted by atomic mass is 9.84. The van der Waals surface area contributed by atoms with Gasteiger partial charge in [0, 0.05) is 12.0 Å². The average Bonchev–Trinajstić information content (AvgIpc) is 2.50.